The number of hydrogen-bond donors (Lipinski definition) is 1. The lowest BCUT2D eigenvalue weighted by molar-refractivity contribution is -0.806. The van der Waals surface area contributed by atoms with Gasteiger partial charge in [0.2, 0.25) is 0 Å². The minimum absolute atomic E-state index is 2.87. The molecule has 0 amide bonds. The molecule has 0 unspecified atom stereocenters. The molecule has 0 spiro atoms. The molecule has 0 heterocycles. The van der Waals surface area contributed by atoms with Crippen molar-refractivity contribution in [2.45, 2.75) is 0 Å². The fourth-order valence-electron chi connectivity index (χ4n) is 0.0625. The molecule has 0 aliphatic carbocycles. The average Bonchev–Trinajstić information content (AvgIpc) is 1.89. The van der Waals surface area contributed by atoms with Crippen molar-refractivity contribution in [1.29, 1.82) is 0 Å². The van der Waals surface area contributed by atoms with Crippen LogP contribution < -0.4 is 0 Å². The number of hydrogen-bond acceptors (Lipinski definition) is 8. The van der Waals surface area contributed by atoms with Crippen LogP contribution in [0.4, 0.5) is 0 Å². The van der Waals surface area contributed by atoms with E-state index in [9.17, 15) is 0 Å². The van der Waals surface area contributed by atoms with Gasteiger partial charge in [0, 0.05) is 0 Å². The second kappa shape index (κ2) is 7.74. The minimum atomic E-state index is 2.87. The average molecular weight is 140 g/mol. The summed E-state index contributed by atoms with van der Waals surface area (Å²) >= 11 is 0. The second-order valence-electron chi connectivity index (χ2n) is 0.511. The standard InChI is InChI=1S/BHO8/c1-3-5-7-9-8-6-4-2/h2H. The summed E-state index contributed by atoms with van der Waals surface area (Å²) in [5.74, 6) is 0. The van der Waals surface area contributed by atoms with Crippen molar-refractivity contribution in [3.63, 3.8) is 0 Å². The van der Waals surface area contributed by atoms with Gasteiger partial charge in [-0.25, -0.2) is 5.26 Å². The summed E-state index contributed by atoms with van der Waals surface area (Å²) < 4.78 is 0. The monoisotopic (exact) mass is 140 g/mol. The molecule has 0 rings (SSSR count). The van der Waals surface area contributed by atoms with Gasteiger partial charge in [-0.1, -0.05) is 5.04 Å². The second-order valence-corrected chi connectivity index (χ2v) is 0.511. The van der Waals surface area contributed by atoms with E-state index in [1.807, 2.05) is 0 Å². The van der Waals surface area contributed by atoms with Crippen molar-refractivity contribution in [2.75, 3.05) is 0 Å². The quantitative estimate of drug-likeness (QED) is 0.221. The highest BCUT2D eigenvalue weighted by atomic mass is 17.9. The predicted octanol–water partition coefficient (Wildman–Crippen LogP) is -0.851. The summed E-state index contributed by atoms with van der Waals surface area (Å²) in [6.07, 6.45) is 0. The Morgan fingerprint density at radius 3 is 2.00 bits per heavy atom. The van der Waals surface area contributed by atoms with E-state index in [-0.39, 0.29) is 0 Å². The summed E-state index contributed by atoms with van der Waals surface area (Å²) in [4.78, 5) is 3.34. The van der Waals surface area contributed by atoms with E-state index in [4.69, 9.17) is 5.26 Å². The van der Waals surface area contributed by atoms with Crippen molar-refractivity contribution >= 4 is 8.05 Å². The molecule has 52 valence electrons. The Bertz CT molecular complexity index is 37.8. The highest BCUT2D eigenvalue weighted by Crippen LogP contribution is 1.83. The Balaban J connectivity index is 2.60. The first kappa shape index (κ1) is 8.74. The van der Waals surface area contributed by atoms with Crippen LogP contribution in [-0.4, -0.2) is 13.3 Å². The van der Waals surface area contributed by atoms with Crippen LogP contribution >= 0.6 is 0 Å². The smallest absolute Gasteiger partial charge is 0.286 e. The van der Waals surface area contributed by atoms with Gasteiger partial charge in [0.25, 0.3) is 0 Å². The van der Waals surface area contributed by atoms with E-state index in [1.54, 1.807) is 0 Å². The lowest BCUT2D eigenvalue weighted by atomic mass is 10.6. The molecule has 9 heteroatoms. The van der Waals surface area contributed by atoms with Crippen LogP contribution in [-0.2, 0) is 35.0 Å². The summed E-state index contributed by atoms with van der Waals surface area (Å²) in [7, 11) is 4.24. The van der Waals surface area contributed by atoms with Crippen LogP contribution in [0.3, 0.4) is 0 Å². The van der Waals surface area contributed by atoms with Gasteiger partial charge < -0.3 is 0 Å². The summed E-state index contributed by atoms with van der Waals surface area (Å²) in [6.45, 7) is 0. The fraction of sp³-hybridized carbons (Fsp3) is 0. The van der Waals surface area contributed by atoms with E-state index in [2.05, 4.69) is 43.1 Å². The van der Waals surface area contributed by atoms with Crippen molar-refractivity contribution in [3.05, 3.63) is 0 Å². The van der Waals surface area contributed by atoms with Crippen LogP contribution in [0, 0.1) is 0 Å². The van der Waals surface area contributed by atoms with Gasteiger partial charge in [-0.05, 0) is 25.2 Å². The Morgan fingerprint density at radius 2 is 1.44 bits per heavy atom. The molecule has 2 radical (unpaired) electrons. The molecule has 0 atom stereocenters. The first-order chi connectivity index (χ1) is 4.41. The summed E-state index contributed by atoms with van der Waals surface area (Å²) in [5, 5.41) is 26.9. The Morgan fingerprint density at radius 1 is 0.889 bits per heavy atom. The van der Waals surface area contributed by atoms with Gasteiger partial charge in [-0.2, -0.15) is 0 Å². The molecular formula is HBO8. The molecule has 0 saturated carbocycles. The first-order valence-electron chi connectivity index (χ1n) is 1.42. The van der Waals surface area contributed by atoms with Crippen LogP contribution in [0.15, 0.2) is 0 Å². The first-order valence-corrected chi connectivity index (χ1v) is 1.42. The van der Waals surface area contributed by atoms with Gasteiger partial charge in [0.1, 0.15) is 0 Å². The molecule has 9 heavy (non-hydrogen) atoms. The van der Waals surface area contributed by atoms with Gasteiger partial charge in [-0.15, -0.1) is 0 Å². The van der Waals surface area contributed by atoms with Crippen LogP contribution in [0.25, 0.3) is 0 Å². The molecule has 0 aliphatic rings. The number of rotatable bonds is 6. The lowest BCUT2D eigenvalue weighted by Crippen LogP contribution is -1.98. The maximum absolute atomic E-state index is 7.34. The zero-order valence-electron chi connectivity index (χ0n) is 3.88. The van der Waals surface area contributed by atoms with Gasteiger partial charge >= 0.3 is 8.05 Å². The van der Waals surface area contributed by atoms with Gasteiger partial charge in [-0.3, -0.25) is 4.81 Å². The molecule has 0 aromatic heterocycles. The molecular weight excluding hydrogens is 139 g/mol. The zero-order valence-corrected chi connectivity index (χ0v) is 3.88. The fourth-order valence-corrected chi connectivity index (χ4v) is 0.0625. The van der Waals surface area contributed by atoms with Crippen molar-refractivity contribution in [1.82, 2.24) is 0 Å². The Labute approximate surface area is 49.7 Å². The summed E-state index contributed by atoms with van der Waals surface area (Å²) in [5.41, 5.74) is 0. The van der Waals surface area contributed by atoms with Crippen molar-refractivity contribution in [3.8, 4) is 0 Å². The van der Waals surface area contributed by atoms with Gasteiger partial charge in [0.05, 0.1) is 0 Å². The molecule has 0 saturated heterocycles. The minimum Gasteiger partial charge on any atom is -0.286 e. The molecule has 0 bridgehead atoms. The molecule has 0 aliphatic heterocycles. The molecule has 0 aromatic carbocycles. The maximum Gasteiger partial charge on any atom is 0.342 e. The van der Waals surface area contributed by atoms with Crippen LogP contribution in [0.2, 0.25) is 0 Å². The third kappa shape index (κ3) is 7.74. The normalized spacial score (nSPS) is 9.89. The van der Waals surface area contributed by atoms with E-state index >= 15 is 0 Å². The Hall–Kier alpha value is -0.255. The highest BCUT2D eigenvalue weighted by Gasteiger charge is 1.88. The maximum atomic E-state index is 7.34. The van der Waals surface area contributed by atoms with E-state index in [0.717, 1.165) is 0 Å². The zero-order chi connectivity index (χ0) is 6.95. The summed E-state index contributed by atoms with van der Waals surface area (Å²) in [6, 6.07) is 0. The molecule has 8 nitrogen and oxygen atoms in total. The Kier molecular flexibility index (Phi) is 7.53. The SMILES string of the molecule is [B]OOOOOOOO. The predicted molar refractivity (Wildman–Crippen MR) is 16.0 cm³/mol. The largest absolute Gasteiger partial charge is 0.342 e. The van der Waals surface area contributed by atoms with Crippen LogP contribution in [0.5, 0.6) is 0 Å². The van der Waals surface area contributed by atoms with E-state index < -0.39 is 0 Å². The highest BCUT2D eigenvalue weighted by molar-refractivity contribution is 5.97. The third-order valence-electron chi connectivity index (χ3n) is 0.181. The van der Waals surface area contributed by atoms with E-state index in [0.29, 0.717) is 0 Å². The van der Waals surface area contributed by atoms with E-state index in [1.165, 1.54) is 0 Å². The molecule has 0 fully saturated rings. The molecule has 0 aromatic rings. The van der Waals surface area contributed by atoms with Crippen molar-refractivity contribution < 1.29 is 40.3 Å². The van der Waals surface area contributed by atoms with Gasteiger partial charge in [0.15, 0.2) is 0 Å². The third-order valence-corrected chi connectivity index (χ3v) is 0.181. The van der Waals surface area contributed by atoms with Crippen LogP contribution in [0.1, 0.15) is 0 Å². The van der Waals surface area contributed by atoms with Crippen molar-refractivity contribution in [2.24, 2.45) is 0 Å². The lowest BCUT2D eigenvalue weighted by Gasteiger charge is -1.94. The topological polar surface area (TPSA) is 84.8 Å². The molecule has 1 N–H and O–H groups in total.